The molecule has 1 aromatic rings. The number of carbonyl (C=O) groups excluding carboxylic acids is 1. The summed E-state index contributed by atoms with van der Waals surface area (Å²) >= 11 is 0. The highest BCUT2D eigenvalue weighted by Crippen LogP contribution is 2.85. The highest BCUT2D eigenvalue weighted by Gasteiger charge is 2.84. The third kappa shape index (κ3) is 1.32. The third-order valence-electron chi connectivity index (χ3n) is 8.48. The first-order valence-corrected chi connectivity index (χ1v) is 9.54. The lowest BCUT2D eigenvalue weighted by Crippen LogP contribution is -2.59. The van der Waals surface area contributed by atoms with Gasteiger partial charge >= 0.3 is 0 Å². The van der Waals surface area contributed by atoms with Crippen LogP contribution in [-0.2, 0) is 0 Å². The molecule has 5 nitrogen and oxygen atoms in total. The van der Waals surface area contributed by atoms with Crippen LogP contribution < -0.4 is 5.32 Å². The molecule has 5 aliphatic rings. The molecule has 2 N–H and O–H groups in total. The minimum atomic E-state index is -0.652. The van der Waals surface area contributed by atoms with Crippen LogP contribution in [0.15, 0.2) is 12.5 Å². The number of rotatable bonds is 4. The number of imidazole rings is 1. The largest absolute Gasteiger partial charge is 0.387 e. The molecule has 24 heavy (non-hydrogen) atoms. The molecular formula is C19H25N3O2. The Morgan fingerprint density at radius 3 is 2.79 bits per heavy atom. The normalized spacial score (nSPS) is 51.7. The van der Waals surface area contributed by atoms with E-state index in [2.05, 4.69) is 24.1 Å². The van der Waals surface area contributed by atoms with E-state index in [-0.39, 0.29) is 5.91 Å². The summed E-state index contributed by atoms with van der Waals surface area (Å²) in [6, 6.07) is 0.295. The van der Waals surface area contributed by atoms with Gasteiger partial charge in [0.2, 0.25) is 0 Å². The lowest BCUT2D eigenvalue weighted by Gasteiger charge is -2.51. The molecule has 0 radical (unpaired) electrons. The van der Waals surface area contributed by atoms with E-state index in [9.17, 15) is 9.90 Å². The zero-order valence-corrected chi connectivity index (χ0v) is 14.2. The minimum absolute atomic E-state index is 0.152. The number of nitrogens with one attached hydrogen (secondary N) is 1. The maximum Gasteiger partial charge on any atom is 0.271 e. The molecule has 9 atom stereocenters. The first kappa shape index (κ1) is 13.9. The molecule has 0 spiro atoms. The fourth-order valence-electron chi connectivity index (χ4n) is 8.01. The van der Waals surface area contributed by atoms with E-state index >= 15 is 0 Å². The van der Waals surface area contributed by atoms with Crippen LogP contribution in [0.5, 0.6) is 0 Å². The minimum Gasteiger partial charge on any atom is -0.387 e. The first-order valence-electron chi connectivity index (χ1n) is 9.54. The van der Waals surface area contributed by atoms with E-state index in [1.54, 1.807) is 12.5 Å². The molecule has 5 aliphatic carbocycles. The molecule has 128 valence electrons. The number of aromatic nitrogens is 2. The van der Waals surface area contributed by atoms with Gasteiger partial charge in [-0.2, -0.15) is 0 Å². The predicted octanol–water partition coefficient (Wildman–Crippen LogP) is 1.70. The Morgan fingerprint density at radius 2 is 2.04 bits per heavy atom. The van der Waals surface area contributed by atoms with Crippen LogP contribution in [-0.4, -0.2) is 32.7 Å². The molecule has 0 saturated heterocycles. The highest BCUT2D eigenvalue weighted by molar-refractivity contribution is 5.92. The van der Waals surface area contributed by atoms with Gasteiger partial charge in [0.1, 0.15) is 5.69 Å². The van der Waals surface area contributed by atoms with Crippen molar-refractivity contribution in [2.75, 3.05) is 6.54 Å². The van der Waals surface area contributed by atoms with E-state index < -0.39 is 5.60 Å². The summed E-state index contributed by atoms with van der Waals surface area (Å²) in [6.07, 6.45) is 6.21. The third-order valence-corrected chi connectivity index (χ3v) is 8.48. The Balaban J connectivity index is 1.22. The van der Waals surface area contributed by atoms with Crippen molar-refractivity contribution < 1.29 is 9.90 Å². The van der Waals surface area contributed by atoms with Gasteiger partial charge in [0.05, 0.1) is 11.9 Å². The van der Waals surface area contributed by atoms with Crippen LogP contribution in [0.3, 0.4) is 0 Å². The van der Waals surface area contributed by atoms with Gasteiger partial charge in [-0.05, 0) is 74.0 Å². The van der Waals surface area contributed by atoms with Crippen LogP contribution in [0.25, 0.3) is 0 Å². The zero-order chi connectivity index (χ0) is 16.4. The quantitative estimate of drug-likeness (QED) is 0.884. The zero-order valence-electron chi connectivity index (χ0n) is 14.2. The van der Waals surface area contributed by atoms with Crippen LogP contribution in [0.2, 0.25) is 0 Å². The van der Waals surface area contributed by atoms with E-state index in [1.165, 1.54) is 12.8 Å². The molecule has 6 rings (SSSR count). The standard InChI is InChI=1S/C19H25N3O2/c1-8(2)22-5-13(21-7-22)18(23)20-6-19(24)16-10-4-11-14-9(10)3-12(16)15(14)17(11)19/h5,7-12,14-17,24H,3-4,6H2,1-2H3,(H,20,23)/t9-,10+,11+,12-,14-,15-,16+,17+,19-/m0/s1. The molecule has 1 aromatic heterocycles. The fourth-order valence-corrected chi connectivity index (χ4v) is 8.01. The van der Waals surface area contributed by atoms with Crippen molar-refractivity contribution in [3.63, 3.8) is 0 Å². The number of amides is 1. The molecular weight excluding hydrogens is 302 g/mol. The average Bonchev–Trinajstić information content (AvgIpc) is 3.20. The van der Waals surface area contributed by atoms with Gasteiger partial charge in [-0.1, -0.05) is 0 Å². The summed E-state index contributed by atoms with van der Waals surface area (Å²) in [6.45, 7) is 4.54. The van der Waals surface area contributed by atoms with Crippen molar-refractivity contribution in [1.29, 1.82) is 0 Å². The maximum absolute atomic E-state index is 12.5. The Labute approximate surface area is 141 Å². The smallest absolute Gasteiger partial charge is 0.271 e. The summed E-state index contributed by atoms with van der Waals surface area (Å²) < 4.78 is 1.94. The molecule has 1 amide bonds. The van der Waals surface area contributed by atoms with E-state index in [4.69, 9.17) is 0 Å². The van der Waals surface area contributed by atoms with Crippen LogP contribution in [0, 0.1) is 47.3 Å². The second kappa shape index (κ2) is 4.06. The van der Waals surface area contributed by atoms with Crippen LogP contribution in [0.1, 0.15) is 43.2 Å². The van der Waals surface area contributed by atoms with E-state index in [0.717, 1.165) is 35.5 Å². The van der Waals surface area contributed by atoms with Crippen molar-refractivity contribution in [3.05, 3.63) is 18.2 Å². The van der Waals surface area contributed by atoms with Crippen LogP contribution in [0.4, 0.5) is 0 Å². The topological polar surface area (TPSA) is 67.2 Å². The molecule has 1 heterocycles. The molecule has 0 aromatic carbocycles. The number of hydrogen-bond acceptors (Lipinski definition) is 3. The van der Waals surface area contributed by atoms with Crippen molar-refractivity contribution in [2.24, 2.45) is 47.3 Å². The number of nitrogens with zero attached hydrogens (tertiary/aromatic N) is 2. The van der Waals surface area contributed by atoms with Crippen molar-refractivity contribution in [2.45, 2.75) is 38.3 Å². The van der Waals surface area contributed by atoms with Crippen LogP contribution >= 0.6 is 0 Å². The molecule has 5 heteroatoms. The van der Waals surface area contributed by atoms with E-state index in [1.807, 2.05) is 4.57 Å². The number of hydrogen-bond donors (Lipinski definition) is 2. The van der Waals surface area contributed by atoms with Gasteiger partial charge in [0.25, 0.3) is 5.91 Å². The molecule has 0 unspecified atom stereocenters. The number of fused-ring (bicyclic) bond motifs is 2. The Hall–Kier alpha value is -1.36. The van der Waals surface area contributed by atoms with Crippen molar-refractivity contribution in [1.82, 2.24) is 14.9 Å². The van der Waals surface area contributed by atoms with Gasteiger partial charge in [0, 0.05) is 18.8 Å². The summed E-state index contributed by atoms with van der Waals surface area (Å²) in [5.41, 5.74) is -0.199. The Morgan fingerprint density at radius 1 is 1.29 bits per heavy atom. The van der Waals surface area contributed by atoms with Gasteiger partial charge in [-0.25, -0.2) is 4.98 Å². The second-order valence-electron chi connectivity index (χ2n) is 9.31. The fraction of sp³-hybridized carbons (Fsp3) is 0.789. The summed E-state index contributed by atoms with van der Waals surface area (Å²) in [5, 5.41) is 14.5. The average molecular weight is 327 g/mol. The Bertz CT molecular complexity index is 737. The van der Waals surface area contributed by atoms with Gasteiger partial charge in [0.15, 0.2) is 0 Å². The SMILES string of the molecule is CC(C)n1cnc(C(=O)NC[C@]2(O)[C@@H]3[C@@H]4C[C@@H]5[C@@H]6[C@H]4C[C@H]3[C@@H]6[C@@H]52)c1. The molecule has 5 fully saturated rings. The van der Waals surface area contributed by atoms with Crippen molar-refractivity contribution >= 4 is 5.91 Å². The highest BCUT2D eigenvalue weighted by atomic mass is 16.3. The molecule has 2 bridgehead atoms. The summed E-state index contributed by atoms with van der Waals surface area (Å²) in [7, 11) is 0. The van der Waals surface area contributed by atoms with Gasteiger partial charge in [-0.3, -0.25) is 4.79 Å². The first-order chi connectivity index (χ1) is 11.5. The van der Waals surface area contributed by atoms with E-state index in [0.29, 0.717) is 30.1 Å². The van der Waals surface area contributed by atoms with Crippen molar-refractivity contribution in [3.8, 4) is 0 Å². The number of carbonyl (C=O) groups is 1. The second-order valence-corrected chi connectivity index (χ2v) is 9.31. The monoisotopic (exact) mass is 327 g/mol. The Kier molecular flexibility index (Phi) is 2.35. The predicted molar refractivity (Wildman–Crippen MR) is 87.0 cm³/mol. The maximum atomic E-state index is 12.5. The molecule has 0 aliphatic heterocycles. The number of aliphatic hydroxyl groups is 1. The molecule has 5 saturated carbocycles. The summed E-state index contributed by atoms with van der Waals surface area (Å²) in [4.78, 5) is 16.7. The van der Waals surface area contributed by atoms with Gasteiger partial charge < -0.3 is 15.0 Å². The lowest BCUT2D eigenvalue weighted by atomic mass is 9.56. The van der Waals surface area contributed by atoms with Gasteiger partial charge in [-0.15, -0.1) is 0 Å². The lowest BCUT2D eigenvalue weighted by molar-refractivity contribution is -0.126. The summed E-state index contributed by atoms with van der Waals surface area (Å²) in [5.74, 6) is 5.57.